The van der Waals surface area contributed by atoms with E-state index in [1.54, 1.807) is 18.2 Å². The van der Waals surface area contributed by atoms with Gasteiger partial charge in [-0.25, -0.2) is 12.8 Å². The number of hydrogen-bond donors (Lipinski definition) is 1. The third-order valence-corrected chi connectivity index (χ3v) is 7.54. The maximum Gasteiger partial charge on any atom is 0.243 e. The molecule has 1 saturated heterocycles. The van der Waals surface area contributed by atoms with E-state index in [1.807, 2.05) is 0 Å². The van der Waals surface area contributed by atoms with Crippen LogP contribution in [0.1, 0.15) is 19.3 Å². The van der Waals surface area contributed by atoms with Crippen LogP contribution in [0.3, 0.4) is 0 Å². The number of carbonyl (C=O) groups is 1. The second-order valence-corrected chi connectivity index (χ2v) is 9.55. The van der Waals surface area contributed by atoms with E-state index in [0.717, 1.165) is 31.0 Å². The Balaban J connectivity index is 1.75. The van der Waals surface area contributed by atoms with Gasteiger partial charge in [-0.05, 0) is 43.2 Å². The summed E-state index contributed by atoms with van der Waals surface area (Å²) in [6.45, 7) is 0.991. The van der Waals surface area contributed by atoms with Crippen molar-refractivity contribution in [1.82, 2.24) is 4.31 Å². The van der Waals surface area contributed by atoms with Gasteiger partial charge in [0.25, 0.3) is 0 Å². The van der Waals surface area contributed by atoms with Crippen LogP contribution in [0.25, 0.3) is 0 Å². The summed E-state index contributed by atoms with van der Waals surface area (Å²) in [5.74, 6) is -0.443. The van der Waals surface area contributed by atoms with E-state index in [1.165, 1.54) is 35.7 Å². The van der Waals surface area contributed by atoms with Crippen LogP contribution in [-0.2, 0) is 14.8 Å². The first-order valence-electron chi connectivity index (χ1n) is 9.27. The summed E-state index contributed by atoms with van der Waals surface area (Å²) >= 11 is 1.07. The van der Waals surface area contributed by atoms with Crippen LogP contribution >= 0.6 is 11.8 Å². The number of sulfonamides is 1. The molecule has 0 radical (unpaired) electrons. The number of ether oxygens (including phenoxy) is 1. The summed E-state index contributed by atoms with van der Waals surface area (Å²) in [5, 5.41) is 2.68. The molecule has 0 aliphatic carbocycles. The molecule has 1 heterocycles. The van der Waals surface area contributed by atoms with Gasteiger partial charge in [0.05, 0.1) is 23.4 Å². The predicted molar refractivity (Wildman–Crippen MR) is 111 cm³/mol. The highest BCUT2D eigenvalue weighted by Gasteiger charge is 2.27. The Morgan fingerprint density at radius 3 is 2.59 bits per heavy atom. The number of carbonyl (C=O) groups excluding carboxylic acids is 1. The number of anilines is 1. The van der Waals surface area contributed by atoms with E-state index in [9.17, 15) is 17.6 Å². The van der Waals surface area contributed by atoms with Crippen molar-refractivity contribution in [2.45, 2.75) is 29.1 Å². The van der Waals surface area contributed by atoms with Gasteiger partial charge in [-0.1, -0.05) is 18.6 Å². The highest BCUT2D eigenvalue weighted by molar-refractivity contribution is 8.00. The summed E-state index contributed by atoms with van der Waals surface area (Å²) < 4.78 is 46.2. The van der Waals surface area contributed by atoms with E-state index < -0.39 is 15.8 Å². The Morgan fingerprint density at radius 1 is 1.17 bits per heavy atom. The van der Waals surface area contributed by atoms with Crippen molar-refractivity contribution in [2.75, 3.05) is 31.3 Å². The molecule has 6 nitrogen and oxygen atoms in total. The van der Waals surface area contributed by atoms with Crippen LogP contribution < -0.4 is 10.1 Å². The SMILES string of the molecule is COc1ccc(S(=O)(=O)N2CCCCC2)cc1NC(=O)CSc1ccccc1F. The molecule has 1 aliphatic heterocycles. The number of nitrogens with one attached hydrogen (secondary N) is 1. The van der Waals surface area contributed by atoms with Gasteiger partial charge < -0.3 is 10.1 Å². The minimum Gasteiger partial charge on any atom is -0.495 e. The summed E-state index contributed by atoms with van der Waals surface area (Å²) in [4.78, 5) is 12.8. The largest absolute Gasteiger partial charge is 0.495 e. The Labute approximate surface area is 174 Å². The van der Waals surface area contributed by atoms with Crippen molar-refractivity contribution in [3.8, 4) is 5.75 Å². The van der Waals surface area contributed by atoms with Crippen LogP contribution in [0.5, 0.6) is 5.75 Å². The second-order valence-electron chi connectivity index (χ2n) is 6.59. The Kier molecular flexibility index (Phi) is 7.15. The van der Waals surface area contributed by atoms with E-state index in [-0.39, 0.29) is 22.2 Å². The van der Waals surface area contributed by atoms with Crippen molar-refractivity contribution in [2.24, 2.45) is 0 Å². The van der Waals surface area contributed by atoms with Gasteiger partial charge >= 0.3 is 0 Å². The number of methoxy groups -OCH3 is 1. The van der Waals surface area contributed by atoms with Gasteiger partial charge in [-0.15, -0.1) is 11.8 Å². The molecule has 1 N–H and O–H groups in total. The smallest absolute Gasteiger partial charge is 0.243 e. The van der Waals surface area contributed by atoms with E-state index in [0.29, 0.717) is 23.7 Å². The average Bonchev–Trinajstić information content (AvgIpc) is 2.73. The summed E-state index contributed by atoms with van der Waals surface area (Å²) in [5.41, 5.74) is 0.268. The highest BCUT2D eigenvalue weighted by atomic mass is 32.2. The molecule has 0 saturated carbocycles. The molecule has 29 heavy (non-hydrogen) atoms. The van der Waals surface area contributed by atoms with Gasteiger partial charge in [0.2, 0.25) is 15.9 Å². The van der Waals surface area contributed by atoms with E-state index >= 15 is 0 Å². The molecular weight excluding hydrogens is 415 g/mol. The molecule has 1 fully saturated rings. The molecule has 2 aromatic carbocycles. The molecule has 1 aliphatic rings. The molecule has 0 spiro atoms. The maximum atomic E-state index is 13.7. The lowest BCUT2D eigenvalue weighted by Gasteiger charge is -2.26. The maximum absolute atomic E-state index is 13.7. The molecule has 1 amide bonds. The first-order valence-corrected chi connectivity index (χ1v) is 11.7. The average molecular weight is 439 g/mol. The fraction of sp³-hybridized carbons (Fsp3) is 0.350. The van der Waals surface area contributed by atoms with Crippen LogP contribution in [-0.4, -0.2) is 44.6 Å². The van der Waals surface area contributed by atoms with Gasteiger partial charge in [0.15, 0.2) is 0 Å². The Hall–Kier alpha value is -2.10. The first-order chi connectivity index (χ1) is 13.9. The molecular formula is C20H23FN2O4S2. The fourth-order valence-electron chi connectivity index (χ4n) is 3.09. The van der Waals surface area contributed by atoms with Crippen LogP contribution in [0.4, 0.5) is 10.1 Å². The van der Waals surface area contributed by atoms with Gasteiger partial charge in [-0.2, -0.15) is 4.31 Å². The number of thioether (sulfide) groups is 1. The van der Waals surface area contributed by atoms with Gasteiger partial charge in [0, 0.05) is 18.0 Å². The normalized spacial score (nSPS) is 15.1. The number of benzene rings is 2. The summed E-state index contributed by atoms with van der Waals surface area (Å²) in [6.07, 6.45) is 2.70. The van der Waals surface area contributed by atoms with Crippen molar-refractivity contribution in [3.63, 3.8) is 0 Å². The monoisotopic (exact) mass is 438 g/mol. The van der Waals surface area contributed by atoms with Crippen LogP contribution in [0.15, 0.2) is 52.3 Å². The summed E-state index contributed by atoms with van der Waals surface area (Å²) in [7, 11) is -2.19. The molecule has 2 aromatic rings. The third kappa shape index (κ3) is 5.29. The molecule has 9 heteroatoms. The lowest BCUT2D eigenvalue weighted by Crippen LogP contribution is -2.35. The second kappa shape index (κ2) is 9.60. The molecule has 3 rings (SSSR count). The topological polar surface area (TPSA) is 75.7 Å². The van der Waals surface area contributed by atoms with Crippen molar-refractivity contribution >= 4 is 33.4 Å². The molecule has 0 unspecified atom stereocenters. The lowest BCUT2D eigenvalue weighted by molar-refractivity contribution is -0.113. The quantitative estimate of drug-likeness (QED) is 0.667. The fourth-order valence-corrected chi connectivity index (χ4v) is 5.37. The number of piperidine rings is 1. The van der Waals surface area contributed by atoms with Crippen LogP contribution in [0, 0.1) is 5.82 Å². The van der Waals surface area contributed by atoms with Crippen LogP contribution in [0.2, 0.25) is 0 Å². The van der Waals surface area contributed by atoms with E-state index in [2.05, 4.69) is 5.32 Å². The number of halogens is 1. The predicted octanol–water partition coefficient (Wildman–Crippen LogP) is 3.74. The van der Waals surface area contributed by atoms with Gasteiger partial charge in [0.1, 0.15) is 11.6 Å². The van der Waals surface area contributed by atoms with Crippen molar-refractivity contribution < 1.29 is 22.3 Å². The van der Waals surface area contributed by atoms with Gasteiger partial charge in [-0.3, -0.25) is 4.79 Å². The molecule has 0 bridgehead atoms. The van der Waals surface area contributed by atoms with Crippen molar-refractivity contribution in [1.29, 1.82) is 0 Å². The number of hydrogen-bond acceptors (Lipinski definition) is 5. The van der Waals surface area contributed by atoms with Crippen molar-refractivity contribution in [3.05, 3.63) is 48.3 Å². The molecule has 0 aromatic heterocycles. The number of rotatable bonds is 7. The number of nitrogens with zero attached hydrogens (tertiary/aromatic N) is 1. The highest BCUT2D eigenvalue weighted by Crippen LogP contribution is 2.30. The zero-order chi connectivity index (χ0) is 20.9. The lowest BCUT2D eigenvalue weighted by atomic mass is 10.2. The summed E-state index contributed by atoms with van der Waals surface area (Å²) in [6, 6.07) is 10.6. The Morgan fingerprint density at radius 2 is 1.90 bits per heavy atom. The zero-order valence-electron chi connectivity index (χ0n) is 16.1. The Bertz CT molecular complexity index is 976. The number of amides is 1. The first kappa shape index (κ1) is 21.6. The molecule has 0 atom stereocenters. The van der Waals surface area contributed by atoms with E-state index in [4.69, 9.17) is 4.74 Å². The minimum atomic E-state index is -3.63. The molecule has 156 valence electrons. The minimum absolute atomic E-state index is 0.0206. The zero-order valence-corrected chi connectivity index (χ0v) is 17.7. The third-order valence-electron chi connectivity index (χ3n) is 4.59. The standard InChI is InChI=1S/C20H23FN2O4S2/c1-27-18-10-9-15(29(25,26)23-11-5-2-6-12-23)13-17(18)22-20(24)14-28-19-8-4-3-7-16(19)21/h3-4,7-10,13H,2,5-6,11-12,14H2,1H3,(H,22,24).